The van der Waals surface area contributed by atoms with Crippen LogP contribution in [0.1, 0.15) is 43.1 Å². The number of fused-ring (bicyclic) bond motifs is 1. The van der Waals surface area contributed by atoms with Gasteiger partial charge in [0.25, 0.3) is 0 Å². The van der Waals surface area contributed by atoms with Gasteiger partial charge in [-0.25, -0.2) is 0 Å². The Hall–Kier alpha value is -2.90. The third kappa shape index (κ3) is 5.20. The Balaban J connectivity index is 1.55. The van der Waals surface area contributed by atoms with E-state index in [0.717, 1.165) is 30.8 Å². The summed E-state index contributed by atoms with van der Waals surface area (Å²) in [5.74, 6) is 2.30. The van der Waals surface area contributed by atoms with Crippen molar-refractivity contribution in [2.45, 2.75) is 38.2 Å². The highest BCUT2D eigenvalue weighted by molar-refractivity contribution is 5.85. The van der Waals surface area contributed by atoms with Crippen LogP contribution < -0.4 is 14.2 Å². The summed E-state index contributed by atoms with van der Waals surface area (Å²) >= 11 is 0. The van der Waals surface area contributed by atoms with Crippen molar-refractivity contribution in [3.05, 3.63) is 47.9 Å². The highest BCUT2D eigenvalue weighted by Crippen LogP contribution is 2.51. The minimum atomic E-state index is -0.893. The molecule has 1 unspecified atom stereocenters. The summed E-state index contributed by atoms with van der Waals surface area (Å²) in [4.78, 5) is 2.42. The van der Waals surface area contributed by atoms with Crippen LogP contribution in [0.2, 0.25) is 0 Å². The summed E-state index contributed by atoms with van der Waals surface area (Å²) in [6, 6.07) is 9.02. The third-order valence-corrected chi connectivity index (χ3v) is 6.32. The van der Waals surface area contributed by atoms with E-state index in [-0.39, 0.29) is 5.75 Å². The Morgan fingerprint density at radius 1 is 1.06 bits per heavy atom. The predicted octanol–water partition coefficient (Wildman–Crippen LogP) is 4.64. The Morgan fingerprint density at radius 3 is 2.58 bits per heavy atom. The van der Waals surface area contributed by atoms with Crippen LogP contribution in [0.3, 0.4) is 0 Å². The fourth-order valence-electron chi connectivity index (χ4n) is 4.52. The summed E-state index contributed by atoms with van der Waals surface area (Å²) in [6.07, 6.45) is 5.26. The van der Waals surface area contributed by atoms with Crippen molar-refractivity contribution in [3.63, 3.8) is 0 Å². The van der Waals surface area contributed by atoms with E-state index in [1.165, 1.54) is 25.5 Å². The maximum absolute atomic E-state index is 11.0. The largest absolute Gasteiger partial charge is 0.508 e. The van der Waals surface area contributed by atoms with E-state index in [1.54, 1.807) is 26.4 Å². The predicted molar refractivity (Wildman–Crippen MR) is 126 cm³/mol. The lowest BCUT2D eigenvalue weighted by atomic mass is 10.00. The maximum atomic E-state index is 11.0. The molecule has 1 aromatic carbocycles. The Labute approximate surface area is 194 Å². The number of likely N-dealkylation sites (tertiary alicyclic amines) is 1. The molecule has 2 aliphatic heterocycles. The highest BCUT2D eigenvalue weighted by Gasteiger charge is 2.30. The van der Waals surface area contributed by atoms with Gasteiger partial charge in [-0.15, -0.1) is 0 Å². The summed E-state index contributed by atoms with van der Waals surface area (Å²) < 4.78 is 23.1. The van der Waals surface area contributed by atoms with Gasteiger partial charge in [0.15, 0.2) is 17.2 Å². The van der Waals surface area contributed by atoms with Gasteiger partial charge in [0.2, 0.25) is 0 Å². The highest BCUT2D eigenvalue weighted by atomic mass is 16.5. The number of aromatic hydroxyl groups is 1. The first kappa shape index (κ1) is 23.3. The van der Waals surface area contributed by atoms with Crippen LogP contribution in [0.15, 0.2) is 41.0 Å². The van der Waals surface area contributed by atoms with Crippen LogP contribution >= 0.6 is 0 Å². The quantitative estimate of drug-likeness (QED) is 0.461. The lowest BCUT2D eigenvalue weighted by Crippen LogP contribution is -2.33. The molecule has 1 saturated heterocycles. The SMILES string of the molecule is COc1coc(C(O)CCc2ccccc2O)c2c(OC)c(OCCN3CCCCC3)cc1-2. The molecule has 4 rings (SSSR count). The van der Waals surface area contributed by atoms with Crippen molar-refractivity contribution in [1.82, 2.24) is 4.90 Å². The molecule has 3 aliphatic rings. The number of methoxy groups -OCH3 is 2. The van der Waals surface area contributed by atoms with Crippen LogP contribution in [0.4, 0.5) is 0 Å². The second-order valence-electron chi connectivity index (χ2n) is 8.43. The number of aliphatic hydroxyl groups excluding tert-OH is 1. The van der Waals surface area contributed by atoms with E-state index in [2.05, 4.69) is 4.90 Å². The molecule has 2 N–H and O–H groups in total. The minimum absolute atomic E-state index is 0.219. The average Bonchev–Trinajstić information content (AvgIpc) is 3.22. The number of aryl methyl sites for hydroxylation is 1. The van der Waals surface area contributed by atoms with E-state index in [1.807, 2.05) is 18.2 Å². The van der Waals surface area contributed by atoms with Crippen LogP contribution in [-0.2, 0) is 6.42 Å². The fraction of sp³-hybridized carbons (Fsp3) is 0.462. The van der Waals surface area contributed by atoms with E-state index >= 15 is 0 Å². The van der Waals surface area contributed by atoms with Crippen molar-refractivity contribution in [3.8, 4) is 34.1 Å². The van der Waals surface area contributed by atoms with Crippen molar-refractivity contribution < 1.29 is 28.8 Å². The number of phenolic OH excluding ortho intramolecular Hbond substituents is 1. The molecule has 1 aromatic rings. The van der Waals surface area contributed by atoms with Gasteiger partial charge < -0.3 is 28.8 Å². The Morgan fingerprint density at radius 2 is 1.85 bits per heavy atom. The zero-order chi connectivity index (χ0) is 23.2. The minimum Gasteiger partial charge on any atom is -0.508 e. The van der Waals surface area contributed by atoms with Crippen LogP contribution in [0.25, 0.3) is 11.1 Å². The zero-order valence-corrected chi connectivity index (χ0v) is 19.4. The monoisotopic (exact) mass is 455 g/mol. The molecule has 0 amide bonds. The first-order valence-electron chi connectivity index (χ1n) is 11.6. The third-order valence-electron chi connectivity index (χ3n) is 6.32. The zero-order valence-electron chi connectivity index (χ0n) is 19.4. The summed E-state index contributed by atoms with van der Waals surface area (Å²) in [5.41, 5.74) is 2.19. The number of phenols is 1. The van der Waals surface area contributed by atoms with Gasteiger partial charge in [0, 0.05) is 12.1 Å². The smallest absolute Gasteiger partial charge is 0.172 e. The molecule has 1 atom stereocenters. The van der Waals surface area contributed by atoms with Crippen LogP contribution in [0, 0.1) is 0 Å². The number of aliphatic hydroxyl groups is 1. The van der Waals surface area contributed by atoms with Gasteiger partial charge in [-0.3, -0.25) is 4.90 Å². The van der Waals surface area contributed by atoms with Gasteiger partial charge in [-0.05, 0) is 56.5 Å². The number of para-hydroxylation sites is 1. The lowest BCUT2D eigenvalue weighted by Gasteiger charge is -2.26. The molecule has 1 aliphatic carbocycles. The van der Waals surface area contributed by atoms with E-state index in [4.69, 9.17) is 18.6 Å². The van der Waals surface area contributed by atoms with E-state index in [9.17, 15) is 10.2 Å². The molecule has 0 bridgehead atoms. The van der Waals surface area contributed by atoms with Crippen molar-refractivity contribution >= 4 is 0 Å². The molecule has 0 aromatic heterocycles. The second kappa shape index (κ2) is 10.8. The molecule has 7 heteroatoms. The molecule has 1 fully saturated rings. The first-order chi connectivity index (χ1) is 16.1. The first-order valence-corrected chi connectivity index (χ1v) is 11.6. The number of hydrogen-bond acceptors (Lipinski definition) is 7. The number of nitrogens with zero attached hydrogens (tertiary/aromatic N) is 1. The molecule has 0 saturated carbocycles. The number of rotatable bonds is 10. The van der Waals surface area contributed by atoms with Crippen molar-refractivity contribution in [1.29, 1.82) is 0 Å². The second-order valence-corrected chi connectivity index (χ2v) is 8.43. The van der Waals surface area contributed by atoms with Gasteiger partial charge in [0.1, 0.15) is 30.5 Å². The fourth-order valence-corrected chi connectivity index (χ4v) is 4.52. The van der Waals surface area contributed by atoms with Gasteiger partial charge in [-0.1, -0.05) is 24.6 Å². The molecule has 33 heavy (non-hydrogen) atoms. The topological polar surface area (TPSA) is 84.5 Å². The van der Waals surface area contributed by atoms with Gasteiger partial charge >= 0.3 is 0 Å². The molecular weight excluding hydrogens is 422 g/mol. The number of piperidine rings is 1. The molecule has 178 valence electrons. The lowest BCUT2D eigenvalue weighted by molar-refractivity contribution is 0.137. The standard InChI is InChI=1S/C26H33NO6/c1-30-23-17-33-25(21(29)11-10-18-8-4-5-9-20(18)28)24-19(23)16-22(26(24)31-2)32-15-14-27-12-6-3-7-13-27/h4-5,8-9,16-17,21,28-29H,3,6-7,10-15H2,1-2H3. The van der Waals surface area contributed by atoms with E-state index in [0.29, 0.717) is 48.0 Å². The molecule has 0 radical (unpaired) electrons. The molecular formula is C26H33NO6. The van der Waals surface area contributed by atoms with Gasteiger partial charge in [-0.2, -0.15) is 0 Å². The Kier molecular flexibility index (Phi) is 7.62. The normalized spacial score (nSPS) is 15.5. The maximum Gasteiger partial charge on any atom is 0.172 e. The molecule has 0 spiro atoms. The van der Waals surface area contributed by atoms with Crippen molar-refractivity contribution in [2.75, 3.05) is 40.5 Å². The number of ether oxygens (including phenoxy) is 3. The van der Waals surface area contributed by atoms with Crippen LogP contribution in [-0.4, -0.2) is 55.6 Å². The number of hydrogen-bond donors (Lipinski definition) is 2. The van der Waals surface area contributed by atoms with E-state index < -0.39 is 6.10 Å². The van der Waals surface area contributed by atoms with Crippen LogP contribution in [0.5, 0.6) is 23.0 Å². The van der Waals surface area contributed by atoms with Crippen molar-refractivity contribution in [2.24, 2.45) is 0 Å². The Bertz CT molecular complexity index is 1010. The summed E-state index contributed by atoms with van der Waals surface area (Å²) in [5, 5.41) is 21.0. The average molecular weight is 456 g/mol. The summed E-state index contributed by atoms with van der Waals surface area (Å²) in [7, 11) is 3.17. The number of benzene rings is 1. The molecule has 7 nitrogen and oxygen atoms in total. The summed E-state index contributed by atoms with van der Waals surface area (Å²) in [6.45, 7) is 3.65. The van der Waals surface area contributed by atoms with Gasteiger partial charge in [0.05, 0.1) is 19.8 Å². The molecule has 2 heterocycles.